The van der Waals surface area contributed by atoms with E-state index >= 15 is 0 Å². The van der Waals surface area contributed by atoms with Gasteiger partial charge in [-0.3, -0.25) is 0 Å². The molecule has 0 rings (SSSR count). The van der Waals surface area contributed by atoms with Gasteiger partial charge in [0.25, 0.3) is 0 Å². The molecule has 0 heterocycles. The molecule has 0 aromatic rings. The van der Waals surface area contributed by atoms with Gasteiger partial charge < -0.3 is 5.73 Å². The highest BCUT2D eigenvalue weighted by Gasteiger charge is 1.89. The molecule has 0 radical (unpaired) electrons. The van der Waals surface area contributed by atoms with Gasteiger partial charge in [-0.05, 0) is 6.92 Å². The molecule has 0 aromatic heterocycles. The zero-order valence-corrected chi connectivity index (χ0v) is 5.59. The maximum atomic E-state index is 10.0. The summed E-state index contributed by atoms with van der Waals surface area (Å²) in [5.74, 6) is 0. The number of primary amides is 1. The third-order valence-electron chi connectivity index (χ3n) is 0.692. The van der Waals surface area contributed by atoms with E-state index < -0.39 is 6.03 Å². The van der Waals surface area contributed by atoms with Crippen molar-refractivity contribution in [3.8, 4) is 6.07 Å². The Hall–Kier alpha value is -1.57. The predicted octanol–water partition coefficient (Wildman–Crippen LogP) is -0.0557. The molecule has 0 saturated carbocycles. The molecule has 0 aliphatic carbocycles. The molecule has 0 aliphatic heterocycles. The standard InChI is InChI=1S/C5H8N4O/c1-4(2-3-6)8-9-5(7)10/h2H2,1H3,(H3,7,9,10)/b8-4-. The second kappa shape index (κ2) is 4.32. The topological polar surface area (TPSA) is 91.3 Å². The van der Waals surface area contributed by atoms with Crippen molar-refractivity contribution in [3.05, 3.63) is 0 Å². The van der Waals surface area contributed by atoms with E-state index in [9.17, 15) is 4.79 Å². The number of rotatable bonds is 2. The first kappa shape index (κ1) is 8.43. The molecule has 10 heavy (non-hydrogen) atoms. The van der Waals surface area contributed by atoms with E-state index in [4.69, 9.17) is 11.0 Å². The molecular formula is C5H8N4O. The van der Waals surface area contributed by atoms with Crippen molar-refractivity contribution in [2.75, 3.05) is 0 Å². The summed E-state index contributed by atoms with van der Waals surface area (Å²) in [5, 5.41) is 11.6. The quantitative estimate of drug-likeness (QED) is 0.415. The number of urea groups is 1. The van der Waals surface area contributed by atoms with Crippen LogP contribution in [0.3, 0.4) is 0 Å². The van der Waals surface area contributed by atoms with Gasteiger partial charge in [0.15, 0.2) is 0 Å². The molecule has 5 heteroatoms. The Bertz CT molecular complexity index is 190. The van der Waals surface area contributed by atoms with Crippen LogP contribution in [0.2, 0.25) is 0 Å². The molecule has 0 bridgehead atoms. The lowest BCUT2D eigenvalue weighted by Crippen LogP contribution is -2.25. The third kappa shape index (κ3) is 4.59. The van der Waals surface area contributed by atoms with Crippen LogP contribution in [0.1, 0.15) is 13.3 Å². The monoisotopic (exact) mass is 140 g/mol. The van der Waals surface area contributed by atoms with E-state index in [0.29, 0.717) is 5.71 Å². The predicted molar refractivity (Wildman–Crippen MR) is 36.1 cm³/mol. The summed E-state index contributed by atoms with van der Waals surface area (Å²) in [6.07, 6.45) is 0.195. The Morgan fingerprint density at radius 2 is 2.50 bits per heavy atom. The lowest BCUT2D eigenvalue weighted by atomic mass is 10.3. The van der Waals surface area contributed by atoms with Crippen molar-refractivity contribution in [2.45, 2.75) is 13.3 Å². The molecule has 0 aromatic carbocycles. The fourth-order valence-electron chi connectivity index (χ4n) is 0.304. The molecule has 54 valence electrons. The molecule has 3 N–H and O–H groups in total. The number of nitrogens with two attached hydrogens (primary N) is 1. The number of amides is 2. The molecule has 0 aliphatic rings. The molecule has 0 fully saturated rings. The first-order chi connectivity index (χ1) is 4.66. The first-order valence-electron chi connectivity index (χ1n) is 2.62. The average molecular weight is 140 g/mol. The van der Waals surface area contributed by atoms with Gasteiger partial charge in [0.05, 0.1) is 12.5 Å². The summed E-state index contributed by atoms with van der Waals surface area (Å²) < 4.78 is 0. The maximum Gasteiger partial charge on any atom is 0.332 e. The fourth-order valence-corrected chi connectivity index (χ4v) is 0.304. The van der Waals surface area contributed by atoms with Gasteiger partial charge in [0.2, 0.25) is 0 Å². The van der Waals surface area contributed by atoms with E-state index in [-0.39, 0.29) is 6.42 Å². The molecule has 5 nitrogen and oxygen atoms in total. The van der Waals surface area contributed by atoms with Gasteiger partial charge in [0.1, 0.15) is 0 Å². The van der Waals surface area contributed by atoms with Crippen molar-refractivity contribution in [2.24, 2.45) is 10.8 Å². The number of hydrogen-bond acceptors (Lipinski definition) is 3. The van der Waals surface area contributed by atoms with Crippen LogP contribution < -0.4 is 11.2 Å². The summed E-state index contributed by atoms with van der Waals surface area (Å²) in [6, 6.07) is 1.14. The number of nitriles is 1. The van der Waals surface area contributed by atoms with Gasteiger partial charge in [-0.25, -0.2) is 10.2 Å². The van der Waals surface area contributed by atoms with Gasteiger partial charge in [-0.15, -0.1) is 0 Å². The zero-order chi connectivity index (χ0) is 7.98. The van der Waals surface area contributed by atoms with Crippen molar-refractivity contribution in [1.82, 2.24) is 5.43 Å². The van der Waals surface area contributed by atoms with Crippen molar-refractivity contribution in [3.63, 3.8) is 0 Å². The molecule has 0 unspecified atom stereocenters. The van der Waals surface area contributed by atoms with E-state index in [2.05, 4.69) is 5.10 Å². The molecular weight excluding hydrogens is 132 g/mol. The number of hydrazone groups is 1. The highest BCUT2D eigenvalue weighted by atomic mass is 16.2. The number of carbonyl (C=O) groups is 1. The van der Waals surface area contributed by atoms with Crippen LogP contribution in [0.4, 0.5) is 4.79 Å². The van der Waals surface area contributed by atoms with Crippen molar-refractivity contribution >= 4 is 11.7 Å². The van der Waals surface area contributed by atoms with Crippen LogP contribution in [0.15, 0.2) is 5.10 Å². The number of hydrogen-bond donors (Lipinski definition) is 2. The van der Waals surface area contributed by atoms with Crippen molar-refractivity contribution in [1.29, 1.82) is 5.26 Å². The Balaban J connectivity index is 3.71. The SMILES string of the molecule is C/C(CC#N)=N/NC(N)=O. The maximum absolute atomic E-state index is 10.0. The van der Waals surface area contributed by atoms with Crippen LogP contribution in [0.25, 0.3) is 0 Å². The van der Waals surface area contributed by atoms with E-state index in [1.54, 1.807) is 6.92 Å². The Morgan fingerprint density at radius 1 is 1.90 bits per heavy atom. The molecule has 0 atom stereocenters. The fraction of sp³-hybridized carbons (Fsp3) is 0.400. The van der Waals surface area contributed by atoms with Gasteiger partial charge in [-0.1, -0.05) is 0 Å². The van der Waals surface area contributed by atoms with Crippen LogP contribution >= 0.6 is 0 Å². The second-order valence-electron chi connectivity index (χ2n) is 1.66. The Labute approximate surface area is 58.5 Å². The summed E-state index contributed by atoms with van der Waals surface area (Å²) in [7, 11) is 0. The average Bonchev–Trinajstić information content (AvgIpc) is 1.85. The van der Waals surface area contributed by atoms with E-state index in [0.717, 1.165) is 0 Å². The lowest BCUT2D eigenvalue weighted by Gasteiger charge is -1.92. The van der Waals surface area contributed by atoms with Crippen LogP contribution in [0.5, 0.6) is 0 Å². The van der Waals surface area contributed by atoms with Crippen LogP contribution in [-0.4, -0.2) is 11.7 Å². The van der Waals surface area contributed by atoms with Crippen LogP contribution in [-0.2, 0) is 0 Å². The number of carbonyl (C=O) groups excluding carboxylic acids is 1. The highest BCUT2D eigenvalue weighted by Crippen LogP contribution is 1.79. The summed E-state index contributed by atoms with van der Waals surface area (Å²) in [4.78, 5) is 10.0. The number of nitrogens with zero attached hydrogens (tertiary/aromatic N) is 2. The third-order valence-corrected chi connectivity index (χ3v) is 0.692. The number of nitrogens with one attached hydrogen (secondary N) is 1. The minimum atomic E-state index is -0.725. The second-order valence-corrected chi connectivity index (χ2v) is 1.66. The highest BCUT2D eigenvalue weighted by molar-refractivity contribution is 5.85. The smallest absolute Gasteiger partial charge is 0.332 e. The summed E-state index contributed by atoms with van der Waals surface area (Å²) in [5.41, 5.74) is 7.23. The largest absolute Gasteiger partial charge is 0.350 e. The van der Waals surface area contributed by atoms with Crippen LogP contribution in [0, 0.1) is 11.3 Å². The molecule has 0 saturated heterocycles. The van der Waals surface area contributed by atoms with Gasteiger partial charge in [0, 0.05) is 5.71 Å². The summed E-state index contributed by atoms with van der Waals surface area (Å²) in [6.45, 7) is 1.62. The lowest BCUT2D eigenvalue weighted by molar-refractivity contribution is 0.249. The molecule has 2 amide bonds. The minimum absolute atomic E-state index is 0.195. The molecule has 0 spiro atoms. The van der Waals surface area contributed by atoms with Gasteiger partial charge >= 0.3 is 6.03 Å². The summed E-state index contributed by atoms with van der Waals surface area (Å²) >= 11 is 0. The Kier molecular flexibility index (Phi) is 3.64. The van der Waals surface area contributed by atoms with E-state index in [1.165, 1.54) is 0 Å². The van der Waals surface area contributed by atoms with Gasteiger partial charge in [-0.2, -0.15) is 10.4 Å². The normalized spacial score (nSPS) is 10.2. The Morgan fingerprint density at radius 3 is 2.90 bits per heavy atom. The first-order valence-corrected chi connectivity index (χ1v) is 2.62. The van der Waals surface area contributed by atoms with E-state index in [1.807, 2.05) is 11.5 Å². The van der Waals surface area contributed by atoms with Crippen molar-refractivity contribution < 1.29 is 4.79 Å². The zero-order valence-electron chi connectivity index (χ0n) is 5.59. The minimum Gasteiger partial charge on any atom is -0.350 e.